The minimum atomic E-state index is 0.279. The molecular formula is C9H9Cl2N. The zero-order valence-electron chi connectivity index (χ0n) is 6.43. The molecule has 0 aliphatic heterocycles. The zero-order chi connectivity index (χ0) is 8.72. The highest BCUT2D eigenvalue weighted by Gasteiger charge is 2.36. The molecule has 0 amide bonds. The number of hydrogen-bond acceptors (Lipinski definition) is 1. The van der Waals surface area contributed by atoms with Gasteiger partial charge in [0.25, 0.3) is 0 Å². The van der Waals surface area contributed by atoms with Crippen LogP contribution in [-0.4, -0.2) is 6.04 Å². The van der Waals surface area contributed by atoms with Crippen LogP contribution >= 0.6 is 23.2 Å². The fraction of sp³-hybridized carbons (Fsp3) is 0.333. The topological polar surface area (TPSA) is 26.0 Å². The van der Waals surface area contributed by atoms with E-state index >= 15 is 0 Å². The minimum absolute atomic E-state index is 0.279. The monoisotopic (exact) mass is 201 g/mol. The Balaban J connectivity index is 2.38. The molecule has 0 spiro atoms. The predicted molar refractivity (Wildman–Crippen MR) is 51.8 cm³/mol. The van der Waals surface area contributed by atoms with Gasteiger partial charge in [-0.2, -0.15) is 0 Å². The van der Waals surface area contributed by atoms with E-state index in [0.717, 1.165) is 12.0 Å². The largest absolute Gasteiger partial charge is 0.327 e. The lowest BCUT2D eigenvalue weighted by Gasteiger charge is -2.02. The maximum Gasteiger partial charge on any atom is 0.0627 e. The Bertz CT molecular complexity index is 311. The molecule has 2 rings (SSSR count). The predicted octanol–water partition coefficient (Wildman–Crippen LogP) is 2.81. The van der Waals surface area contributed by atoms with Gasteiger partial charge < -0.3 is 5.73 Å². The zero-order valence-corrected chi connectivity index (χ0v) is 7.94. The summed E-state index contributed by atoms with van der Waals surface area (Å²) in [7, 11) is 0. The van der Waals surface area contributed by atoms with Crippen LogP contribution in [-0.2, 0) is 0 Å². The van der Waals surface area contributed by atoms with Crippen molar-refractivity contribution in [2.24, 2.45) is 5.73 Å². The molecule has 0 saturated heterocycles. The molecule has 2 N–H and O–H groups in total. The molecule has 1 aliphatic carbocycles. The number of benzene rings is 1. The maximum atomic E-state index is 6.01. The van der Waals surface area contributed by atoms with E-state index in [2.05, 4.69) is 0 Å². The van der Waals surface area contributed by atoms with Gasteiger partial charge in [-0.05, 0) is 18.1 Å². The highest BCUT2D eigenvalue weighted by Crippen LogP contribution is 2.43. The van der Waals surface area contributed by atoms with E-state index in [1.807, 2.05) is 12.1 Å². The number of rotatable bonds is 1. The normalized spacial score (nSPS) is 27.2. The molecular weight excluding hydrogens is 193 g/mol. The van der Waals surface area contributed by atoms with Gasteiger partial charge in [-0.15, -0.1) is 0 Å². The van der Waals surface area contributed by atoms with Crippen LogP contribution in [0.3, 0.4) is 0 Å². The molecule has 0 aromatic heterocycles. The summed E-state index contributed by atoms with van der Waals surface area (Å²) in [6, 6.07) is 5.97. The van der Waals surface area contributed by atoms with Crippen molar-refractivity contribution in [3.63, 3.8) is 0 Å². The fourth-order valence-electron chi connectivity index (χ4n) is 1.38. The summed E-state index contributed by atoms with van der Waals surface area (Å²) in [5.74, 6) is 0.427. The lowest BCUT2D eigenvalue weighted by Crippen LogP contribution is -2.01. The van der Waals surface area contributed by atoms with Gasteiger partial charge in [-0.1, -0.05) is 35.3 Å². The van der Waals surface area contributed by atoms with Gasteiger partial charge in [0.2, 0.25) is 0 Å². The first-order chi connectivity index (χ1) is 5.70. The first kappa shape index (κ1) is 8.36. The van der Waals surface area contributed by atoms with Gasteiger partial charge in [0, 0.05) is 12.0 Å². The van der Waals surface area contributed by atoms with Crippen molar-refractivity contribution in [1.82, 2.24) is 0 Å². The highest BCUT2D eigenvalue weighted by molar-refractivity contribution is 6.42. The second kappa shape index (κ2) is 2.91. The Morgan fingerprint density at radius 1 is 1.33 bits per heavy atom. The molecule has 0 radical (unpaired) electrons. The molecule has 64 valence electrons. The average Bonchev–Trinajstić information content (AvgIpc) is 2.73. The molecule has 1 nitrogen and oxygen atoms in total. The average molecular weight is 202 g/mol. The summed E-state index contributed by atoms with van der Waals surface area (Å²) in [5.41, 5.74) is 6.81. The first-order valence-electron chi connectivity index (χ1n) is 3.89. The van der Waals surface area contributed by atoms with Crippen LogP contribution < -0.4 is 5.73 Å². The first-order valence-corrected chi connectivity index (χ1v) is 4.65. The van der Waals surface area contributed by atoms with Crippen molar-refractivity contribution < 1.29 is 0 Å². The third-order valence-corrected chi connectivity index (χ3v) is 3.05. The van der Waals surface area contributed by atoms with Crippen molar-refractivity contribution in [2.45, 2.75) is 18.4 Å². The van der Waals surface area contributed by atoms with Gasteiger partial charge in [0.05, 0.1) is 10.0 Å². The summed E-state index contributed by atoms with van der Waals surface area (Å²) >= 11 is 11.9. The van der Waals surface area contributed by atoms with E-state index in [1.165, 1.54) is 0 Å². The lowest BCUT2D eigenvalue weighted by molar-refractivity contribution is 0.991. The molecule has 12 heavy (non-hydrogen) atoms. The maximum absolute atomic E-state index is 6.01. The van der Waals surface area contributed by atoms with Gasteiger partial charge >= 0.3 is 0 Å². The van der Waals surface area contributed by atoms with E-state index < -0.39 is 0 Å². The summed E-state index contributed by atoms with van der Waals surface area (Å²) in [5, 5.41) is 1.28. The van der Waals surface area contributed by atoms with Crippen LogP contribution in [0.4, 0.5) is 0 Å². The molecule has 3 heteroatoms. The van der Waals surface area contributed by atoms with E-state index in [0.29, 0.717) is 16.0 Å². The van der Waals surface area contributed by atoms with Crippen molar-refractivity contribution >= 4 is 23.2 Å². The highest BCUT2D eigenvalue weighted by atomic mass is 35.5. The van der Waals surface area contributed by atoms with Gasteiger partial charge in [-0.3, -0.25) is 0 Å². The summed E-state index contributed by atoms with van der Waals surface area (Å²) < 4.78 is 0. The SMILES string of the molecule is N[C@@H]1C[C@H]1c1cccc(Cl)c1Cl. The molecule has 1 aromatic rings. The summed E-state index contributed by atoms with van der Waals surface area (Å²) in [4.78, 5) is 0. The summed E-state index contributed by atoms with van der Waals surface area (Å²) in [6.45, 7) is 0. The van der Waals surface area contributed by atoms with Crippen molar-refractivity contribution in [3.05, 3.63) is 33.8 Å². The molecule has 2 atom stereocenters. The second-order valence-corrected chi connectivity index (χ2v) is 3.93. The Morgan fingerprint density at radius 2 is 2.00 bits per heavy atom. The van der Waals surface area contributed by atoms with Gasteiger partial charge in [0.1, 0.15) is 0 Å². The fourth-order valence-corrected chi connectivity index (χ4v) is 1.83. The molecule has 0 unspecified atom stereocenters. The van der Waals surface area contributed by atoms with E-state index in [9.17, 15) is 0 Å². The van der Waals surface area contributed by atoms with Crippen molar-refractivity contribution in [3.8, 4) is 0 Å². The standard InChI is InChI=1S/C9H9Cl2N/c10-7-3-1-2-5(9(7)11)6-4-8(6)12/h1-3,6,8H,4,12H2/t6-,8+/m0/s1. The smallest absolute Gasteiger partial charge is 0.0627 e. The van der Waals surface area contributed by atoms with E-state index in [4.69, 9.17) is 28.9 Å². The minimum Gasteiger partial charge on any atom is -0.327 e. The molecule has 0 bridgehead atoms. The number of halogens is 2. The van der Waals surface area contributed by atoms with Crippen LogP contribution in [0.25, 0.3) is 0 Å². The molecule has 1 aliphatic rings. The number of nitrogens with two attached hydrogens (primary N) is 1. The van der Waals surface area contributed by atoms with Crippen molar-refractivity contribution in [2.75, 3.05) is 0 Å². The Hall–Kier alpha value is -0.240. The van der Waals surface area contributed by atoms with Gasteiger partial charge in [-0.25, -0.2) is 0 Å². The van der Waals surface area contributed by atoms with Crippen LogP contribution in [0, 0.1) is 0 Å². The molecule has 1 aromatic carbocycles. The van der Waals surface area contributed by atoms with Crippen LogP contribution in [0.2, 0.25) is 10.0 Å². The van der Waals surface area contributed by atoms with Crippen LogP contribution in [0.15, 0.2) is 18.2 Å². The summed E-state index contributed by atoms with van der Waals surface area (Å²) in [6.07, 6.45) is 1.03. The molecule has 1 saturated carbocycles. The number of hydrogen-bond donors (Lipinski definition) is 1. The third kappa shape index (κ3) is 1.33. The third-order valence-electron chi connectivity index (χ3n) is 2.22. The van der Waals surface area contributed by atoms with Gasteiger partial charge in [0.15, 0.2) is 0 Å². The van der Waals surface area contributed by atoms with Crippen molar-refractivity contribution in [1.29, 1.82) is 0 Å². The molecule has 1 fully saturated rings. The van der Waals surface area contributed by atoms with Crippen LogP contribution in [0.5, 0.6) is 0 Å². The Labute approximate surface area is 81.5 Å². The lowest BCUT2D eigenvalue weighted by atomic mass is 10.1. The van der Waals surface area contributed by atoms with E-state index in [1.54, 1.807) is 6.07 Å². The van der Waals surface area contributed by atoms with Crippen LogP contribution in [0.1, 0.15) is 17.9 Å². The second-order valence-electron chi connectivity index (χ2n) is 3.15. The Kier molecular flexibility index (Phi) is 2.03. The van der Waals surface area contributed by atoms with E-state index in [-0.39, 0.29) is 6.04 Å². The quantitative estimate of drug-likeness (QED) is 0.744. The Morgan fingerprint density at radius 3 is 2.58 bits per heavy atom. The molecule has 0 heterocycles.